The minimum Gasteiger partial charge on any atom is -0.0622 e. The quantitative estimate of drug-likeness (QED) is 0.154. The molecule has 0 aliphatic heterocycles. The molecule has 11 aromatic rings. The normalized spacial score (nSPS) is 14.7. The first-order valence-electron chi connectivity index (χ1n) is 20.3. The zero-order valence-corrected chi connectivity index (χ0v) is 32.2. The molecule has 0 nitrogen and oxygen atoms in total. The molecule has 1 unspecified atom stereocenters. The first-order chi connectivity index (χ1) is 28.6. The highest BCUT2D eigenvalue weighted by Crippen LogP contribution is 2.53. The van der Waals surface area contributed by atoms with Crippen LogP contribution in [0.4, 0.5) is 0 Å². The van der Waals surface area contributed by atoms with Gasteiger partial charge in [-0.1, -0.05) is 188 Å². The van der Waals surface area contributed by atoms with E-state index in [1.807, 2.05) is 0 Å². The molecule has 0 bridgehead atoms. The molecule has 0 spiro atoms. The number of hydrogen-bond acceptors (Lipinski definition) is 0. The first-order valence-corrected chi connectivity index (χ1v) is 20.3. The third-order valence-corrected chi connectivity index (χ3v) is 13.1. The summed E-state index contributed by atoms with van der Waals surface area (Å²) in [5, 5.41) is 10.3. The third-order valence-electron chi connectivity index (χ3n) is 13.1. The van der Waals surface area contributed by atoms with Crippen molar-refractivity contribution in [2.24, 2.45) is 0 Å². The van der Waals surface area contributed by atoms with Crippen molar-refractivity contribution < 1.29 is 0 Å². The predicted molar refractivity (Wildman–Crippen MR) is 247 cm³/mol. The predicted octanol–water partition coefficient (Wildman–Crippen LogP) is 15.7. The number of benzene rings is 11. The molecule has 0 heterocycles. The van der Waals surface area contributed by atoms with Crippen LogP contribution in [-0.4, -0.2) is 0 Å². The van der Waals surface area contributed by atoms with Crippen LogP contribution in [0.1, 0.15) is 23.6 Å². The molecule has 0 saturated heterocycles. The van der Waals surface area contributed by atoms with Crippen molar-refractivity contribution >= 4 is 43.1 Å². The van der Waals surface area contributed by atoms with Gasteiger partial charge in [0.25, 0.3) is 0 Å². The maximum absolute atomic E-state index is 2.46. The van der Waals surface area contributed by atoms with E-state index in [2.05, 4.69) is 219 Å². The van der Waals surface area contributed by atoms with Crippen molar-refractivity contribution in [1.29, 1.82) is 0 Å². The van der Waals surface area contributed by atoms with Crippen LogP contribution in [0.15, 0.2) is 212 Å². The Morgan fingerprint density at radius 3 is 1.53 bits per heavy atom. The molecule has 0 fully saturated rings. The van der Waals surface area contributed by atoms with E-state index in [-0.39, 0.29) is 5.41 Å². The molecule has 1 aliphatic rings. The van der Waals surface area contributed by atoms with Gasteiger partial charge < -0.3 is 0 Å². The van der Waals surface area contributed by atoms with Gasteiger partial charge in [0, 0.05) is 5.41 Å². The molecule has 11 aromatic carbocycles. The summed E-state index contributed by atoms with van der Waals surface area (Å²) < 4.78 is 0. The van der Waals surface area contributed by atoms with Gasteiger partial charge >= 0.3 is 0 Å². The van der Waals surface area contributed by atoms with Crippen LogP contribution in [0.5, 0.6) is 0 Å². The summed E-state index contributed by atoms with van der Waals surface area (Å²) in [5.41, 5.74) is 16.4. The van der Waals surface area contributed by atoms with Gasteiger partial charge in [0.05, 0.1) is 0 Å². The highest BCUT2D eigenvalue weighted by atomic mass is 14.4. The molecule has 0 N–H and O–H groups in total. The Bertz CT molecular complexity index is 3380. The van der Waals surface area contributed by atoms with Gasteiger partial charge in [-0.2, -0.15) is 0 Å². The van der Waals surface area contributed by atoms with E-state index in [1.54, 1.807) is 0 Å². The van der Waals surface area contributed by atoms with Crippen molar-refractivity contribution in [3.05, 3.63) is 229 Å². The summed E-state index contributed by atoms with van der Waals surface area (Å²) in [4.78, 5) is 0. The molecular weight excluding hydrogens is 697 g/mol. The van der Waals surface area contributed by atoms with Crippen molar-refractivity contribution in [3.8, 4) is 55.6 Å². The average Bonchev–Trinajstić information content (AvgIpc) is 3.55. The zero-order chi connectivity index (χ0) is 38.4. The summed E-state index contributed by atoms with van der Waals surface area (Å²) in [6.07, 6.45) is 0. The van der Waals surface area contributed by atoms with E-state index in [0.717, 1.165) is 0 Å². The average molecular weight is 735 g/mol. The Morgan fingerprint density at radius 1 is 0.276 bits per heavy atom. The molecule has 270 valence electrons. The third kappa shape index (κ3) is 4.82. The van der Waals surface area contributed by atoms with Gasteiger partial charge in [0.15, 0.2) is 0 Å². The lowest BCUT2D eigenvalue weighted by Gasteiger charge is -2.28. The van der Waals surface area contributed by atoms with E-state index in [1.165, 1.54) is 115 Å². The summed E-state index contributed by atoms with van der Waals surface area (Å²) in [6.45, 7) is 2.40. The fraction of sp³-hybridized carbons (Fsp3) is 0.0345. The highest BCUT2D eigenvalue weighted by molar-refractivity contribution is 6.28. The smallest absolute Gasteiger partial charge is 0.0435 e. The van der Waals surface area contributed by atoms with Crippen LogP contribution in [0.3, 0.4) is 0 Å². The zero-order valence-electron chi connectivity index (χ0n) is 32.2. The molecular formula is C58H38. The van der Waals surface area contributed by atoms with Crippen molar-refractivity contribution in [1.82, 2.24) is 0 Å². The Labute approximate surface area is 338 Å². The largest absolute Gasteiger partial charge is 0.0622 e. The molecule has 12 rings (SSSR count). The second-order valence-corrected chi connectivity index (χ2v) is 16.1. The molecule has 58 heavy (non-hydrogen) atoms. The van der Waals surface area contributed by atoms with Crippen LogP contribution in [-0.2, 0) is 5.41 Å². The number of fused-ring (bicyclic) bond motifs is 4. The minimum atomic E-state index is -0.233. The summed E-state index contributed by atoms with van der Waals surface area (Å²) >= 11 is 0. The van der Waals surface area contributed by atoms with E-state index in [4.69, 9.17) is 0 Å². The second-order valence-electron chi connectivity index (χ2n) is 16.1. The Morgan fingerprint density at radius 2 is 0.810 bits per heavy atom. The van der Waals surface area contributed by atoms with Gasteiger partial charge in [-0.15, -0.1) is 0 Å². The van der Waals surface area contributed by atoms with Crippen LogP contribution in [0, 0.1) is 0 Å². The first kappa shape index (κ1) is 32.9. The van der Waals surface area contributed by atoms with E-state index < -0.39 is 0 Å². The fourth-order valence-corrected chi connectivity index (χ4v) is 10.2. The SMILES string of the molecule is CC1(c2ccccc2)c2ccccc2-c2cc3ccc(-c4ccc(-c5ccc6ccc7c(-c8ccccc8)ccc8ccc5c6c87)c(-c5ccccc5)c4)cc3cc21. The topological polar surface area (TPSA) is 0 Å². The Kier molecular flexibility index (Phi) is 7.16. The van der Waals surface area contributed by atoms with Crippen LogP contribution >= 0.6 is 0 Å². The van der Waals surface area contributed by atoms with Crippen LogP contribution in [0.2, 0.25) is 0 Å². The van der Waals surface area contributed by atoms with Crippen LogP contribution in [0.25, 0.3) is 98.7 Å². The summed E-state index contributed by atoms with van der Waals surface area (Å²) in [6, 6.07) is 79.1. The fourth-order valence-electron chi connectivity index (χ4n) is 10.2. The lowest BCUT2D eigenvalue weighted by molar-refractivity contribution is 0.715. The van der Waals surface area contributed by atoms with Gasteiger partial charge in [0.2, 0.25) is 0 Å². The molecule has 1 aliphatic carbocycles. The Hall–Kier alpha value is -7.28. The molecule has 0 saturated carbocycles. The number of rotatable bonds is 5. The van der Waals surface area contributed by atoms with Gasteiger partial charge in [-0.05, 0) is 147 Å². The van der Waals surface area contributed by atoms with E-state index >= 15 is 0 Å². The lowest BCUT2D eigenvalue weighted by Crippen LogP contribution is -2.22. The molecule has 0 aromatic heterocycles. The monoisotopic (exact) mass is 734 g/mol. The molecule has 0 amide bonds. The maximum Gasteiger partial charge on any atom is 0.0435 e. The lowest BCUT2D eigenvalue weighted by atomic mass is 9.74. The summed E-state index contributed by atoms with van der Waals surface area (Å²) in [7, 11) is 0. The molecule has 1 atom stereocenters. The minimum absolute atomic E-state index is 0.233. The van der Waals surface area contributed by atoms with Crippen molar-refractivity contribution in [2.45, 2.75) is 12.3 Å². The van der Waals surface area contributed by atoms with Crippen LogP contribution < -0.4 is 0 Å². The number of hydrogen-bond donors (Lipinski definition) is 0. The standard InChI is InChI=1S/C58H38/c1-58(45-17-9-4-10-18-45)54-20-12-11-19-49(54)53-35-43-22-21-41(33-44(43)36-55(53)58)42-27-30-48(52(34-42)38-15-7-3-8-16-38)47-29-24-40-25-31-50-46(37-13-5-2-6-14-37)28-23-39-26-32-51(47)57(40)56(39)50/h2-36H,1H3. The molecule has 0 heteroatoms. The highest BCUT2D eigenvalue weighted by Gasteiger charge is 2.40. The maximum atomic E-state index is 2.46. The van der Waals surface area contributed by atoms with Gasteiger partial charge in [-0.25, -0.2) is 0 Å². The summed E-state index contributed by atoms with van der Waals surface area (Å²) in [5.74, 6) is 0. The van der Waals surface area contributed by atoms with Gasteiger partial charge in [0.1, 0.15) is 0 Å². The van der Waals surface area contributed by atoms with E-state index in [0.29, 0.717) is 0 Å². The second kappa shape index (κ2) is 12.6. The van der Waals surface area contributed by atoms with Gasteiger partial charge in [-0.3, -0.25) is 0 Å². The molecule has 0 radical (unpaired) electrons. The Balaban J connectivity index is 1.03. The van der Waals surface area contributed by atoms with Crippen molar-refractivity contribution in [2.75, 3.05) is 0 Å². The van der Waals surface area contributed by atoms with Crippen molar-refractivity contribution in [3.63, 3.8) is 0 Å². The van der Waals surface area contributed by atoms with E-state index in [9.17, 15) is 0 Å².